The van der Waals surface area contributed by atoms with Gasteiger partial charge in [0, 0.05) is 12.0 Å². The zero-order chi connectivity index (χ0) is 12.1. The number of aliphatic hydroxyl groups excluding tert-OH is 1. The second-order valence-electron chi connectivity index (χ2n) is 2.79. The minimum Gasteiger partial charge on any atom is -0.472 e. The molecule has 0 aliphatic carbocycles. The topological polar surface area (TPSA) is 101 Å². The van der Waals surface area contributed by atoms with E-state index < -0.39 is 17.0 Å². The Hall–Kier alpha value is -2.39. The number of nitro benzene ring substituents is 1. The van der Waals surface area contributed by atoms with Crippen molar-refractivity contribution in [3.63, 3.8) is 0 Å². The van der Waals surface area contributed by atoms with Gasteiger partial charge in [-0.2, -0.15) is 0 Å². The van der Waals surface area contributed by atoms with E-state index in [1.165, 1.54) is 24.3 Å². The monoisotopic (exact) mass is 221 g/mol. The Labute approximate surface area is 90.3 Å². The smallest absolute Gasteiger partial charge is 0.382 e. The number of nitro groups is 1. The number of benzene rings is 1. The molecule has 0 saturated carbocycles. The molecule has 16 heavy (non-hydrogen) atoms. The fourth-order valence-corrected chi connectivity index (χ4v) is 1.09. The lowest BCUT2D eigenvalue weighted by molar-refractivity contribution is -0.386. The van der Waals surface area contributed by atoms with Gasteiger partial charge in [0.25, 0.3) is 5.69 Å². The molecular formula is C10H7NO5. The van der Waals surface area contributed by atoms with E-state index in [2.05, 4.69) is 0 Å². The molecule has 0 bridgehead atoms. The van der Waals surface area contributed by atoms with Gasteiger partial charge in [-0.3, -0.25) is 10.1 Å². The lowest BCUT2D eigenvalue weighted by atomic mass is 10.1. The van der Waals surface area contributed by atoms with Gasteiger partial charge in [-0.05, 0) is 6.07 Å². The number of carbonyl (C=O) groups is 1. The summed E-state index contributed by atoms with van der Waals surface area (Å²) >= 11 is 0. The van der Waals surface area contributed by atoms with E-state index >= 15 is 0 Å². The van der Waals surface area contributed by atoms with E-state index in [4.69, 9.17) is 5.11 Å². The largest absolute Gasteiger partial charge is 0.472 e. The minimum atomic E-state index is -1.49. The van der Waals surface area contributed by atoms with E-state index in [-0.39, 0.29) is 11.3 Å². The number of aliphatic carboxylic acids is 1. The number of rotatable bonds is 2. The van der Waals surface area contributed by atoms with Crippen LogP contribution in [0, 0.1) is 22.0 Å². The molecule has 0 radical (unpaired) electrons. The van der Waals surface area contributed by atoms with Crippen molar-refractivity contribution in [2.45, 2.75) is 6.10 Å². The number of hydrogen-bond donors (Lipinski definition) is 2. The van der Waals surface area contributed by atoms with Gasteiger partial charge in [-0.25, -0.2) is 4.79 Å². The highest BCUT2D eigenvalue weighted by molar-refractivity contribution is 5.86. The second-order valence-corrected chi connectivity index (χ2v) is 2.79. The number of aliphatic hydroxyl groups is 1. The maximum Gasteiger partial charge on any atom is 0.382 e. The molecule has 1 rings (SSSR count). The highest BCUT2D eigenvalue weighted by atomic mass is 16.6. The Morgan fingerprint density at radius 2 is 2.06 bits per heavy atom. The third-order valence-corrected chi connectivity index (χ3v) is 1.74. The molecular weight excluding hydrogens is 214 g/mol. The van der Waals surface area contributed by atoms with Crippen LogP contribution < -0.4 is 0 Å². The number of carboxylic acid groups (broad SMARTS) is 1. The average Bonchev–Trinajstić information content (AvgIpc) is 2.25. The van der Waals surface area contributed by atoms with Crippen LogP contribution in [0.5, 0.6) is 0 Å². The molecule has 0 aromatic heterocycles. The minimum absolute atomic E-state index is 0.0266. The molecule has 1 aromatic carbocycles. The van der Waals surface area contributed by atoms with E-state index in [0.717, 1.165) is 0 Å². The van der Waals surface area contributed by atoms with Crippen LogP contribution in [0.2, 0.25) is 0 Å². The summed E-state index contributed by atoms with van der Waals surface area (Å²) in [6, 6.07) is 5.47. The Kier molecular flexibility index (Phi) is 3.58. The summed E-state index contributed by atoms with van der Waals surface area (Å²) in [4.78, 5) is 20.1. The van der Waals surface area contributed by atoms with Gasteiger partial charge >= 0.3 is 5.97 Å². The van der Waals surface area contributed by atoms with Crippen LogP contribution in [0.3, 0.4) is 0 Å². The van der Waals surface area contributed by atoms with Crippen molar-refractivity contribution < 1.29 is 19.9 Å². The van der Waals surface area contributed by atoms with Gasteiger partial charge in [-0.1, -0.05) is 18.1 Å². The molecule has 1 unspecified atom stereocenters. The maximum absolute atomic E-state index is 10.6. The van der Waals surface area contributed by atoms with Gasteiger partial charge in [-0.15, -0.1) is 0 Å². The first kappa shape index (κ1) is 11.7. The van der Waals surface area contributed by atoms with Crippen LogP contribution in [0.15, 0.2) is 24.3 Å². The standard InChI is InChI=1S/C10H7NO5/c12-9(5-6-10(13)14)7-3-1-2-4-8(7)11(15)16/h1-4,9,12H,(H,13,14). The molecule has 82 valence electrons. The number of nitrogens with zero attached hydrogens (tertiary/aromatic N) is 1. The van der Waals surface area contributed by atoms with Crippen molar-refractivity contribution >= 4 is 11.7 Å². The first-order chi connectivity index (χ1) is 7.52. The predicted molar refractivity (Wildman–Crippen MR) is 53.5 cm³/mol. The summed E-state index contributed by atoms with van der Waals surface area (Å²) < 4.78 is 0. The normalized spacial score (nSPS) is 11.1. The molecule has 1 atom stereocenters. The lowest BCUT2D eigenvalue weighted by Gasteiger charge is -2.03. The molecule has 0 amide bonds. The van der Waals surface area contributed by atoms with E-state index in [9.17, 15) is 20.0 Å². The quantitative estimate of drug-likeness (QED) is 0.435. The highest BCUT2D eigenvalue weighted by Crippen LogP contribution is 2.23. The third-order valence-electron chi connectivity index (χ3n) is 1.74. The highest BCUT2D eigenvalue weighted by Gasteiger charge is 2.17. The van der Waals surface area contributed by atoms with Crippen LogP contribution >= 0.6 is 0 Å². The van der Waals surface area contributed by atoms with Crippen molar-refractivity contribution in [3.05, 3.63) is 39.9 Å². The number of para-hydroxylation sites is 1. The van der Waals surface area contributed by atoms with Crippen LogP contribution in [0.25, 0.3) is 0 Å². The molecule has 6 nitrogen and oxygen atoms in total. The SMILES string of the molecule is O=C(O)C#CC(O)c1ccccc1[N+](=O)[O-]. The van der Waals surface area contributed by atoms with E-state index in [0.29, 0.717) is 0 Å². The van der Waals surface area contributed by atoms with Crippen LogP contribution in [0.4, 0.5) is 5.69 Å². The number of hydrogen-bond acceptors (Lipinski definition) is 4. The number of carboxylic acids is 1. The molecule has 0 spiro atoms. The van der Waals surface area contributed by atoms with Crippen LogP contribution in [0.1, 0.15) is 11.7 Å². The molecule has 1 aromatic rings. The lowest BCUT2D eigenvalue weighted by Crippen LogP contribution is -2.01. The first-order valence-electron chi connectivity index (χ1n) is 4.18. The summed E-state index contributed by atoms with van der Waals surface area (Å²) in [5.74, 6) is 2.29. The predicted octanol–water partition coefficient (Wildman–Crippen LogP) is 0.716. The molecule has 0 fully saturated rings. The molecule has 0 aliphatic heterocycles. The molecule has 2 N–H and O–H groups in total. The molecule has 6 heteroatoms. The van der Waals surface area contributed by atoms with Gasteiger partial charge in [0.15, 0.2) is 0 Å². The fourth-order valence-electron chi connectivity index (χ4n) is 1.09. The van der Waals surface area contributed by atoms with Gasteiger partial charge in [0.2, 0.25) is 0 Å². The van der Waals surface area contributed by atoms with E-state index in [1.807, 2.05) is 5.92 Å². The van der Waals surface area contributed by atoms with Gasteiger partial charge < -0.3 is 10.2 Å². The summed E-state index contributed by atoms with van der Waals surface area (Å²) in [6.07, 6.45) is -1.49. The zero-order valence-electron chi connectivity index (χ0n) is 7.95. The van der Waals surface area contributed by atoms with Crippen LogP contribution in [-0.4, -0.2) is 21.1 Å². The Balaban J connectivity index is 3.10. The summed E-state index contributed by atoms with van der Waals surface area (Å²) in [6.45, 7) is 0. The molecule has 0 saturated heterocycles. The Morgan fingerprint density at radius 1 is 1.44 bits per heavy atom. The summed E-state index contributed by atoms with van der Waals surface area (Å²) in [5.41, 5.74) is -0.323. The van der Waals surface area contributed by atoms with Gasteiger partial charge in [0.05, 0.1) is 10.5 Å². The van der Waals surface area contributed by atoms with Crippen molar-refractivity contribution in [2.75, 3.05) is 0 Å². The van der Waals surface area contributed by atoms with Crippen molar-refractivity contribution in [3.8, 4) is 11.8 Å². The molecule has 0 heterocycles. The molecule has 0 aliphatic rings. The van der Waals surface area contributed by atoms with Crippen LogP contribution in [-0.2, 0) is 4.79 Å². The zero-order valence-corrected chi connectivity index (χ0v) is 7.95. The average molecular weight is 221 g/mol. The van der Waals surface area contributed by atoms with Gasteiger partial charge in [0.1, 0.15) is 6.10 Å². The van der Waals surface area contributed by atoms with Crippen molar-refractivity contribution in [1.82, 2.24) is 0 Å². The third kappa shape index (κ3) is 2.80. The second kappa shape index (κ2) is 4.91. The maximum atomic E-state index is 10.6. The Bertz CT molecular complexity index is 485. The van der Waals surface area contributed by atoms with Crippen molar-refractivity contribution in [1.29, 1.82) is 0 Å². The fraction of sp³-hybridized carbons (Fsp3) is 0.100. The van der Waals surface area contributed by atoms with E-state index in [1.54, 1.807) is 5.92 Å². The Morgan fingerprint density at radius 3 is 2.62 bits per heavy atom. The first-order valence-corrected chi connectivity index (χ1v) is 4.18. The summed E-state index contributed by atoms with van der Waals surface area (Å²) in [7, 11) is 0. The summed E-state index contributed by atoms with van der Waals surface area (Å²) in [5, 5.41) is 28.3. The van der Waals surface area contributed by atoms with Crippen molar-refractivity contribution in [2.24, 2.45) is 0 Å².